The molecule has 1 aliphatic rings. The monoisotopic (exact) mass is 411 g/mol. The normalized spacial score (nSPS) is 15.7. The molecule has 0 bridgehead atoms. The zero-order valence-corrected chi connectivity index (χ0v) is 16.0. The molecule has 0 saturated carbocycles. The molecule has 4 nitrogen and oxygen atoms in total. The summed E-state index contributed by atoms with van der Waals surface area (Å²) in [7, 11) is 0. The lowest BCUT2D eigenvalue weighted by molar-refractivity contribution is -0.148. The average Bonchev–Trinajstić information content (AvgIpc) is 3.21. The molecule has 3 aromatic rings. The first-order valence-corrected chi connectivity index (χ1v) is 9.39. The molecule has 5 heteroatoms. The number of aromatic nitrogens is 1. The van der Waals surface area contributed by atoms with Gasteiger partial charge in [0.2, 0.25) is 0 Å². The maximum atomic E-state index is 12.6. The van der Waals surface area contributed by atoms with Crippen LogP contribution >= 0.6 is 15.9 Å². The Bertz CT molecular complexity index is 946. The molecular formula is C21H18BrNO3. The summed E-state index contributed by atoms with van der Waals surface area (Å²) in [6.07, 6.45) is 1.78. The summed E-state index contributed by atoms with van der Waals surface area (Å²) in [5.74, 6) is 0.370. The summed E-state index contributed by atoms with van der Waals surface area (Å²) < 4.78 is 12.2. The largest absolute Gasteiger partial charge is 0.457 e. The Morgan fingerprint density at radius 1 is 1.23 bits per heavy atom. The van der Waals surface area contributed by atoms with E-state index in [4.69, 9.17) is 9.26 Å². The third-order valence-corrected chi connectivity index (χ3v) is 5.29. The number of hydrogen-bond acceptors (Lipinski definition) is 4. The summed E-state index contributed by atoms with van der Waals surface area (Å²) in [5, 5.41) is 4.04. The van der Waals surface area contributed by atoms with Gasteiger partial charge < -0.3 is 9.26 Å². The van der Waals surface area contributed by atoms with Crippen LogP contribution in [0.5, 0.6) is 0 Å². The van der Waals surface area contributed by atoms with Crippen LogP contribution in [0, 0.1) is 6.92 Å². The molecule has 0 saturated heterocycles. The summed E-state index contributed by atoms with van der Waals surface area (Å²) >= 11 is 3.42. The number of ether oxygens (including phenoxy) is 1. The van der Waals surface area contributed by atoms with Crippen molar-refractivity contribution in [2.45, 2.75) is 32.3 Å². The van der Waals surface area contributed by atoms with Crippen LogP contribution in [0.15, 0.2) is 57.5 Å². The van der Waals surface area contributed by atoms with Crippen LogP contribution in [-0.4, -0.2) is 11.1 Å². The van der Waals surface area contributed by atoms with Crippen LogP contribution in [0.4, 0.5) is 0 Å². The van der Waals surface area contributed by atoms with Crippen molar-refractivity contribution in [3.8, 4) is 11.3 Å². The third-order valence-electron chi connectivity index (χ3n) is 4.76. The first kappa shape index (κ1) is 17.0. The van der Waals surface area contributed by atoms with Gasteiger partial charge >= 0.3 is 5.97 Å². The summed E-state index contributed by atoms with van der Waals surface area (Å²) in [6.45, 7) is 1.85. The average molecular weight is 412 g/mol. The molecule has 0 amide bonds. The number of carbonyl (C=O) groups excluding carboxylic acids is 1. The van der Waals surface area contributed by atoms with Gasteiger partial charge in [-0.2, -0.15) is 0 Å². The maximum Gasteiger partial charge on any atom is 0.311 e. The van der Waals surface area contributed by atoms with Gasteiger partial charge in [-0.3, -0.25) is 4.79 Å². The SMILES string of the molecule is Cc1noc(-c2ccc(Br)cc2)c1CC(=O)OC1CCc2ccccc21. The van der Waals surface area contributed by atoms with Gasteiger partial charge in [-0.1, -0.05) is 57.5 Å². The first-order chi connectivity index (χ1) is 12.6. The van der Waals surface area contributed by atoms with Gasteiger partial charge in [0.05, 0.1) is 12.1 Å². The fourth-order valence-corrected chi connectivity index (χ4v) is 3.67. The van der Waals surface area contributed by atoms with Crippen molar-refractivity contribution in [1.82, 2.24) is 5.16 Å². The van der Waals surface area contributed by atoms with E-state index in [9.17, 15) is 4.79 Å². The van der Waals surface area contributed by atoms with Crippen molar-refractivity contribution in [1.29, 1.82) is 0 Å². The van der Waals surface area contributed by atoms with Crippen molar-refractivity contribution in [3.63, 3.8) is 0 Å². The van der Waals surface area contributed by atoms with E-state index in [-0.39, 0.29) is 18.5 Å². The second-order valence-electron chi connectivity index (χ2n) is 6.48. The van der Waals surface area contributed by atoms with E-state index in [1.54, 1.807) is 0 Å². The lowest BCUT2D eigenvalue weighted by Gasteiger charge is -2.13. The van der Waals surface area contributed by atoms with E-state index >= 15 is 0 Å². The molecule has 0 fully saturated rings. The minimum absolute atomic E-state index is 0.152. The Kier molecular flexibility index (Phi) is 4.64. The highest BCUT2D eigenvalue weighted by Crippen LogP contribution is 2.34. The summed E-state index contributed by atoms with van der Waals surface area (Å²) in [5.41, 5.74) is 4.77. The first-order valence-electron chi connectivity index (χ1n) is 8.60. The number of nitrogens with zero attached hydrogens (tertiary/aromatic N) is 1. The second kappa shape index (κ2) is 7.08. The number of fused-ring (bicyclic) bond motifs is 1. The Balaban J connectivity index is 1.52. The Morgan fingerprint density at radius 3 is 2.81 bits per heavy atom. The maximum absolute atomic E-state index is 12.6. The molecule has 4 rings (SSSR count). The van der Waals surface area contributed by atoms with E-state index in [0.717, 1.165) is 34.0 Å². The van der Waals surface area contributed by atoms with Crippen molar-refractivity contribution < 1.29 is 14.1 Å². The molecule has 1 aliphatic carbocycles. The highest BCUT2D eigenvalue weighted by atomic mass is 79.9. The van der Waals surface area contributed by atoms with E-state index in [1.165, 1.54) is 5.56 Å². The van der Waals surface area contributed by atoms with Gasteiger partial charge in [-0.25, -0.2) is 0 Å². The topological polar surface area (TPSA) is 52.3 Å². The lowest BCUT2D eigenvalue weighted by Crippen LogP contribution is -2.12. The number of aryl methyl sites for hydroxylation is 2. The molecule has 0 radical (unpaired) electrons. The highest BCUT2D eigenvalue weighted by molar-refractivity contribution is 9.10. The number of hydrogen-bond donors (Lipinski definition) is 0. The van der Waals surface area contributed by atoms with Gasteiger partial charge in [0.25, 0.3) is 0 Å². The standard InChI is InChI=1S/C21H18BrNO3/c1-13-18(21(26-23-13)15-6-9-16(22)10-7-15)12-20(24)25-19-11-8-14-4-2-3-5-17(14)19/h2-7,9-10,19H,8,11-12H2,1H3. The summed E-state index contributed by atoms with van der Waals surface area (Å²) in [6, 6.07) is 15.9. The van der Waals surface area contributed by atoms with Gasteiger partial charge in [-0.05, 0) is 43.0 Å². The van der Waals surface area contributed by atoms with Crippen LogP contribution in [0.1, 0.15) is 34.9 Å². The smallest absolute Gasteiger partial charge is 0.311 e. The quantitative estimate of drug-likeness (QED) is 0.554. The molecule has 132 valence electrons. The van der Waals surface area contributed by atoms with Crippen LogP contribution < -0.4 is 0 Å². The Labute approximate surface area is 160 Å². The van der Waals surface area contributed by atoms with Gasteiger partial charge in [0.15, 0.2) is 5.76 Å². The van der Waals surface area contributed by atoms with E-state index in [2.05, 4.69) is 27.2 Å². The molecule has 1 unspecified atom stereocenters. The molecule has 1 heterocycles. The predicted octanol–water partition coefficient (Wildman–Crippen LogP) is 5.19. The Hall–Kier alpha value is -2.40. The fourth-order valence-electron chi connectivity index (χ4n) is 3.41. The molecular weight excluding hydrogens is 394 g/mol. The third kappa shape index (κ3) is 3.31. The van der Waals surface area contributed by atoms with Crippen molar-refractivity contribution >= 4 is 21.9 Å². The predicted molar refractivity (Wildman–Crippen MR) is 102 cm³/mol. The fraction of sp³-hybridized carbons (Fsp3) is 0.238. The van der Waals surface area contributed by atoms with Crippen LogP contribution in [-0.2, 0) is 22.4 Å². The van der Waals surface area contributed by atoms with Crippen molar-refractivity contribution in [2.24, 2.45) is 0 Å². The number of esters is 1. The molecule has 26 heavy (non-hydrogen) atoms. The zero-order chi connectivity index (χ0) is 18.1. The Morgan fingerprint density at radius 2 is 2.00 bits per heavy atom. The van der Waals surface area contributed by atoms with Crippen LogP contribution in [0.3, 0.4) is 0 Å². The van der Waals surface area contributed by atoms with E-state index < -0.39 is 0 Å². The zero-order valence-electron chi connectivity index (χ0n) is 14.4. The number of carbonyl (C=O) groups is 1. The van der Waals surface area contributed by atoms with E-state index in [0.29, 0.717) is 11.5 Å². The number of halogens is 1. The van der Waals surface area contributed by atoms with Gasteiger partial charge in [0, 0.05) is 15.6 Å². The molecule has 1 aromatic heterocycles. The lowest BCUT2D eigenvalue weighted by atomic mass is 10.0. The van der Waals surface area contributed by atoms with Crippen molar-refractivity contribution in [2.75, 3.05) is 0 Å². The highest BCUT2D eigenvalue weighted by Gasteiger charge is 2.26. The second-order valence-corrected chi connectivity index (χ2v) is 7.39. The number of benzene rings is 2. The van der Waals surface area contributed by atoms with Gasteiger partial charge in [0.1, 0.15) is 6.10 Å². The van der Waals surface area contributed by atoms with Crippen molar-refractivity contribution in [3.05, 3.63) is 75.4 Å². The van der Waals surface area contributed by atoms with Crippen LogP contribution in [0.2, 0.25) is 0 Å². The molecule has 0 N–H and O–H groups in total. The molecule has 0 aliphatic heterocycles. The number of rotatable bonds is 4. The minimum atomic E-state index is -0.253. The summed E-state index contributed by atoms with van der Waals surface area (Å²) in [4.78, 5) is 12.6. The molecule has 2 aromatic carbocycles. The molecule has 1 atom stereocenters. The van der Waals surface area contributed by atoms with Gasteiger partial charge in [-0.15, -0.1) is 0 Å². The van der Waals surface area contributed by atoms with E-state index in [1.807, 2.05) is 49.4 Å². The minimum Gasteiger partial charge on any atom is -0.457 e. The van der Waals surface area contributed by atoms with Crippen LogP contribution in [0.25, 0.3) is 11.3 Å². The molecule has 0 spiro atoms.